The van der Waals surface area contributed by atoms with E-state index in [1.807, 2.05) is 12.1 Å². The molecule has 2 heterocycles. The molecule has 1 aromatic heterocycles. The summed E-state index contributed by atoms with van der Waals surface area (Å²) >= 11 is 0. The van der Waals surface area contributed by atoms with Crippen molar-refractivity contribution in [1.29, 1.82) is 0 Å². The molecule has 204 valence electrons. The Kier molecular flexibility index (Phi) is 8.48. The van der Waals surface area contributed by atoms with Crippen LogP contribution >= 0.6 is 0 Å². The zero-order valence-electron chi connectivity index (χ0n) is 23.1. The number of benzene rings is 2. The van der Waals surface area contributed by atoms with Crippen LogP contribution in [0.3, 0.4) is 0 Å². The summed E-state index contributed by atoms with van der Waals surface area (Å²) in [5.41, 5.74) is 7.07. The minimum absolute atomic E-state index is 0.173. The van der Waals surface area contributed by atoms with Gasteiger partial charge in [-0.05, 0) is 72.7 Å². The Labute approximate surface area is 225 Å². The fourth-order valence-corrected chi connectivity index (χ4v) is 5.98. The van der Waals surface area contributed by atoms with E-state index in [0.29, 0.717) is 30.5 Å². The lowest BCUT2D eigenvalue weighted by Gasteiger charge is -2.32. The fraction of sp³-hybridized carbons (Fsp3) is 0.516. The summed E-state index contributed by atoms with van der Waals surface area (Å²) in [4.78, 5) is 19.9. The Balaban J connectivity index is 1.23. The van der Waals surface area contributed by atoms with Crippen LogP contribution in [0.5, 0.6) is 5.75 Å². The molecule has 1 unspecified atom stereocenters. The molecule has 0 saturated carbocycles. The Morgan fingerprint density at radius 2 is 1.71 bits per heavy atom. The summed E-state index contributed by atoms with van der Waals surface area (Å²) in [6, 6.07) is 12.2. The fourth-order valence-electron chi connectivity index (χ4n) is 5.98. The highest BCUT2D eigenvalue weighted by Gasteiger charge is 2.24. The molecule has 5 rings (SSSR count). The number of likely N-dealkylation sites (N-methyl/N-ethyl adjacent to an activating group) is 1. The van der Waals surface area contributed by atoms with Gasteiger partial charge in [-0.2, -0.15) is 0 Å². The highest BCUT2D eigenvalue weighted by atomic mass is 16.5. The predicted octanol–water partition coefficient (Wildman–Crippen LogP) is 3.07. The first-order valence-electron chi connectivity index (χ1n) is 14.2. The molecule has 0 bridgehead atoms. The third-order valence-electron chi connectivity index (χ3n) is 8.33. The lowest BCUT2D eigenvalue weighted by atomic mass is 9.97. The number of fused-ring (bicyclic) bond motifs is 2. The van der Waals surface area contributed by atoms with Gasteiger partial charge in [-0.25, -0.2) is 0 Å². The van der Waals surface area contributed by atoms with Crippen molar-refractivity contribution in [3.8, 4) is 5.75 Å². The summed E-state index contributed by atoms with van der Waals surface area (Å²) in [7, 11) is 2.15. The third kappa shape index (κ3) is 5.96. The van der Waals surface area contributed by atoms with Crippen molar-refractivity contribution in [2.75, 3.05) is 52.9 Å². The van der Waals surface area contributed by atoms with Crippen molar-refractivity contribution in [3.05, 3.63) is 74.6 Å². The average Bonchev–Trinajstić information content (AvgIpc) is 3.33. The van der Waals surface area contributed by atoms with Gasteiger partial charge < -0.3 is 25.0 Å². The van der Waals surface area contributed by atoms with E-state index >= 15 is 0 Å². The van der Waals surface area contributed by atoms with Crippen LogP contribution in [-0.4, -0.2) is 78.9 Å². The second-order valence-electron chi connectivity index (χ2n) is 10.9. The highest BCUT2D eigenvalue weighted by molar-refractivity contribution is 5.87. The standard InChI is InChI=1S/C31H42N4O3/c1-4-21-16-23-18-25(19-24(23)17-22(21)5-2)32-20-28(36)26-6-8-29(31-27(26)7-9-30(37)33-31)38-15-14-35-12-10-34(3)11-13-35/h6-9,16-17,25,28,32,36H,4-5,10-15,18-20H2,1-3H3,(H,33,37). The number of piperazine rings is 1. The lowest BCUT2D eigenvalue weighted by molar-refractivity contribution is 0.134. The lowest BCUT2D eigenvalue weighted by Crippen LogP contribution is -2.45. The Morgan fingerprint density at radius 1 is 1.03 bits per heavy atom. The zero-order valence-corrected chi connectivity index (χ0v) is 23.1. The molecule has 7 nitrogen and oxygen atoms in total. The van der Waals surface area contributed by atoms with Crippen LogP contribution in [-0.2, 0) is 25.7 Å². The molecule has 38 heavy (non-hydrogen) atoms. The molecule has 7 heteroatoms. The first kappa shape index (κ1) is 26.9. The van der Waals surface area contributed by atoms with Crippen LogP contribution in [0, 0.1) is 0 Å². The van der Waals surface area contributed by atoms with Crippen molar-refractivity contribution in [2.24, 2.45) is 0 Å². The smallest absolute Gasteiger partial charge is 0.248 e. The van der Waals surface area contributed by atoms with Gasteiger partial charge in [0.1, 0.15) is 12.4 Å². The number of hydrogen-bond donors (Lipinski definition) is 3. The molecule has 2 aliphatic rings. The van der Waals surface area contributed by atoms with E-state index in [9.17, 15) is 9.90 Å². The summed E-state index contributed by atoms with van der Waals surface area (Å²) in [5, 5.41) is 15.6. The third-order valence-corrected chi connectivity index (χ3v) is 8.33. The van der Waals surface area contributed by atoms with E-state index in [2.05, 4.69) is 53.1 Å². The van der Waals surface area contributed by atoms with Crippen LogP contribution in [0.2, 0.25) is 0 Å². The first-order chi connectivity index (χ1) is 18.4. The van der Waals surface area contributed by atoms with Gasteiger partial charge in [-0.3, -0.25) is 9.69 Å². The van der Waals surface area contributed by atoms with E-state index in [4.69, 9.17) is 4.74 Å². The largest absolute Gasteiger partial charge is 0.490 e. The van der Waals surface area contributed by atoms with Crippen LogP contribution in [0.15, 0.2) is 41.2 Å². The molecule has 0 amide bonds. The summed E-state index contributed by atoms with van der Waals surface area (Å²) in [6.07, 6.45) is 3.43. The van der Waals surface area contributed by atoms with Crippen molar-refractivity contribution in [3.63, 3.8) is 0 Å². The summed E-state index contributed by atoms with van der Waals surface area (Å²) < 4.78 is 6.13. The Hall–Kier alpha value is -2.71. The number of aromatic nitrogens is 1. The number of nitrogens with zero attached hydrogens (tertiary/aromatic N) is 2. The molecule has 3 aromatic rings. The molecular formula is C31H42N4O3. The number of aliphatic hydroxyl groups is 1. The van der Waals surface area contributed by atoms with Gasteiger partial charge in [0.15, 0.2) is 0 Å². The SMILES string of the molecule is CCc1cc2c(cc1CC)CC(NCC(O)c1ccc(OCCN3CCN(C)CC3)c3[nH]c(=O)ccc13)C2. The number of pyridine rings is 1. The molecule has 1 aliphatic heterocycles. The summed E-state index contributed by atoms with van der Waals surface area (Å²) in [6.45, 7) is 10.5. The molecule has 3 N–H and O–H groups in total. The van der Waals surface area contributed by atoms with Gasteiger partial charge in [0.2, 0.25) is 5.56 Å². The molecule has 0 radical (unpaired) electrons. The first-order valence-corrected chi connectivity index (χ1v) is 14.2. The zero-order chi connectivity index (χ0) is 26.6. The van der Waals surface area contributed by atoms with Gasteiger partial charge >= 0.3 is 0 Å². The number of aliphatic hydroxyl groups excluding tert-OH is 1. The van der Waals surface area contributed by atoms with E-state index < -0.39 is 6.10 Å². The predicted molar refractivity (Wildman–Crippen MR) is 153 cm³/mol. The van der Waals surface area contributed by atoms with Gasteiger partial charge in [-0.1, -0.05) is 32.0 Å². The molecule has 1 atom stereocenters. The van der Waals surface area contributed by atoms with E-state index in [1.165, 1.54) is 28.3 Å². The van der Waals surface area contributed by atoms with Crippen LogP contribution in [0.1, 0.15) is 47.8 Å². The highest BCUT2D eigenvalue weighted by Crippen LogP contribution is 2.31. The number of nitrogens with one attached hydrogen (secondary N) is 2. The topological polar surface area (TPSA) is 80.8 Å². The number of ether oxygens (including phenoxy) is 1. The van der Waals surface area contributed by atoms with Crippen molar-refractivity contribution >= 4 is 10.9 Å². The maximum Gasteiger partial charge on any atom is 0.248 e. The molecule has 1 fully saturated rings. The van der Waals surface area contributed by atoms with E-state index in [-0.39, 0.29) is 5.56 Å². The molecule has 1 saturated heterocycles. The second-order valence-corrected chi connectivity index (χ2v) is 10.9. The molecule has 0 spiro atoms. The van der Waals surface area contributed by atoms with Crippen LogP contribution in [0.4, 0.5) is 0 Å². The van der Waals surface area contributed by atoms with Crippen LogP contribution in [0.25, 0.3) is 10.9 Å². The molecule has 2 aromatic carbocycles. The number of H-pyrrole nitrogens is 1. The van der Waals surface area contributed by atoms with Gasteiger partial charge in [0.25, 0.3) is 0 Å². The molecule has 1 aliphatic carbocycles. The normalized spacial score (nSPS) is 17.7. The minimum Gasteiger partial charge on any atom is -0.490 e. The van der Waals surface area contributed by atoms with E-state index in [0.717, 1.165) is 69.4 Å². The average molecular weight is 519 g/mol. The van der Waals surface area contributed by atoms with Gasteiger partial charge in [0.05, 0.1) is 11.6 Å². The maximum atomic E-state index is 12.2. The van der Waals surface area contributed by atoms with E-state index in [1.54, 1.807) is 6.07 Å². The van der Waals surface area contributed by atoms with Crippen molar-refractivity contribution < 1.29 is 9.84 Å². The quantitative estimate of drug-likeness (QED) is 0.383. The minimum atomic E-state index is -0.691. The van der Waals surface area contributed by atoms with Gasteiger partial charge in [-0.15, -0.1) is 0 Å². The van der Waals surface area contributed by atoms with Crippen molar-refractivity contribution in [1.82, 2.24) is 20.1 Å². The number of aryl methyl sites for hydroxylation is 2. The second kappa shape index (κ2) is 12.0. The van der Waals surface area contributed by atoms with Gasteiger partial charge in [0, 0.05) is 56.8 Å². The van der Waals surface area contributed by atoms with Crippen molar-refractivity contribution in [2.45, 2.75) is 51.7 Å². The Morgan fingerprint density at radius 3 is 2.37 bits per heavy atom. The number of aromatic amines is 1. The number of rotatable bonds is 10. The molecular weight excluding hydrogens is 476 g/mol. The monoisotopic (exact) mass is 518 g/mol. The summed E-state index contributed by atoms with van der Waals surface area (Å²) in [5.74, 6) is 0.653. The maximum absolute atomic E-state index is 12.2. The Bertz CT molecular complexity index is 1280. The van der Waals surface area contributed by atoms with Crippen LogP contribution < -0.4 is 15.6 Å². The number of hydrogen-bond acceptors (Lipinski definition) is 6.